The van der Waals surface area contributed by atoms with Crippen LogP contribution in [0, 0.1) is 5.92 Å². The second kappa shape index (κ2) is 6.57. The zero-order chi connectivity index (χ0) is 19.0. The Kier molecular flexibility index (Phi) is 5.17. The number of amides is 1. The normalized spacial score (nSPS) is 32.1. The van der Waals surface area contributed by atoms with Crippen molar-refractivity contribution < 1.29 is 23.8 Å². The molecule has 1 aliphatic heterocycles. The van der Waals surface area contributed by atoms with Crippen LogP contribution in [0.1, 0.15) is 48.0 Å². The molecule has 0 spiro atoms. The summed E-state index contributed by atoms with van der Waals surface area (Å²) in [5, 5.41) is 2.75. The first-order valence-electron chi connectivity index (χ1n) is 8.57. The van der Waals surface area contributed by atoms with Gasteiger partial charge in [0.05, 0.1) is 12.7 Å². The fraction of sp³-hybridized carbons (Fsp3) is 0.684. The van der Waals surface area contributed by atoms with Crippen LogP contribution in [-0.4, -0.2) is 41.5 Å². The summed E-state index contributed by atoms with van der Waals surface area (Å²) in [5.41, 5.74) is -1.01. The van der Waals surface area contributed by atoms with Crippen LogP contribution in [-0.2, 0) is 19.0 Å². The lowest BCUT2D eigenvalue weighted by molar-refractivity contribution is -0.150. The van der Waals surface area contributed by atoms with Gasteiger partial charge in [0.1, 0.15) is 11.1 Å². The summed E-state index contributed by atoms with van der Waals surface area (Å²) in [5.74, 6) is -1.27. The first-order chi connectivity index (χ1) is 11.4. The zero-order valence-electron chi connectivity index (χ0n) is 16.0. The van der Waals surface area contributed by atoms with Gasteiger partial charge < -0.3 is 19.5 Å². The third-order valence-corrected chi connectivity index (χ3v) is 4.42. The molecule has 1 N–H and O–H groups in total. The molecule has 0 aromatic heterocycles. The predicted molar refractivity (Wildman–Crippen MR) is 94.1 cm³/mol. The number of alkyl carbamates (subject to hydrolysis) is 1. The van der Waals surface area contributed by atoms with E-state index in [9.17, 15) is 9.59 Å². The Balaban J connectivity index is 2.34. The lowest BCUT2D eigenvalue weighted by Crippen LogP contribution is -2.62. The minimum atomic E-state index is -1.28. The quantitative estimate of drug-likeness (QED) is 0.791. The van der Waals surface area contributed by atoms with E-state index >= 15 is 0 Å². The minimum absolute atomic E-state index is 0.226. The smallest absolute Gasteiger partial charge is 0.408 e. The van der Waals surface area contributed by atoms with Gasteiger partial charge in [-0.05, 0) is 54.0 Å². The molecular weight excluding hydrogens is 322 g/mol. The molecule has 1 heterocycles. The van der Waals surface area contributed by atoms with Crippen molar-refractivity contribution in [1.29, 1.82) is 0 Å². The van der Waals surface area contributed by atoms with Crippen molar-refractivity contribution in [3.63, 3.8) is 0 Å². The number of rotatable bonds is 3. The molecular formula is C19H29NO5. The molecule has 0 saturated carbocycles. The van der Waals surface area contributed by atoms with E-state index in [2.05, 4.69) is 11.9 Å². The molecule has 1 amide bonds. The molecule has 6 nitrogen and oxygen atoms in total. The van der Waals surface area contributed by atoms with Crippen LogP contribution >= 0.6 is 0 Å². The first-order valence-corrected chi connectivity index (χ1v) is 8.57. The topological polar surface area (TPSA) is 73.9 Å². The van der Waals surface area contributed by atoms with Crippen LogP contribution in [0.15, 0.2) is 24.3 Å². The molecule has 1 fully saturated rings. The number of allylic oxidation sites excluding steroid dienone is 1. The third-order valence-electron chi connectivity index (χ3n) is 4.42. The first kappa shape index (κ1) is 19.7. The van der Waals surface area contributed by atoms with Crippen LogP contribution in [0.3, 0.4) is 0 Å². The molecule has 1 aliphatic carbocycles. The van der Waals surface area contributed by atoms with Gasteiger partial charge >= 0.3 is 6.09 Å². The summed E-state index contributed by atoms with van der Waals surface area (Å²) in [6.45, 7) is 15.0. The van der Waals surface area contributed by atoms with Crippen LogP contribution < -0.4 is 5.32 Å². The molecule has 3 atom stereocenters. The minimum Gasteiger partial charge on any atom is -0.444 e. The van der Waals surface area contributed by atoms with Crippen LogP contribution in [0.2, 0.25) is 0 Å². The van der Waals surface area contributed by atoms with E-state index < -0.39 is 23.0 Å². The Morgan fingerprint density at radius 2 is 2.08 bits per heavy atom. The standard InChI is InChI=1S/C19H29NO5/c1-8-19(20-16(22)25-17(3,4)5)13(9-12(2)10-15(19)21)14-11-23-18(6,7)24-14/h8,10,13-14H,1,9,11H2,2-7H3,(H,20,22)/t13?,14-,19-/m1/s1. The zero-order valence-corrected chi connectivity index (χ0v) is 16.0. The van der Waals surface area contributed by atoms with Crippen molar-refractivity contribution in [2.45, 2.75) is 71.0 Å². The van der Waals surface area contributed by atoms with Gasteiger partial charge in [0.2, 0.25) is 0 Å². The van der Waals surface area contributed by atoms with Crippen LogP contribution in [0.25, 0.3) is 0 Å². The Bertz CT molecular complexity index is 601. The van der Waals surface area contributed by atoms with Gasteiger partial charge in [-0.2, -0.15) is 0 Å². The lowest BCUT2D eigenvalue weighted by Gasteiger charge is -2.42. The van der Waals surface area contributed by atoms with Crippen molar-refractivity contribution in [3.05, 3.63) is 24.3 Å². The Morgan fingerprint density at radius 1 is 1.44 bits per heavy atom. The largest absolute Gasteiger partial charge is 0.444 e. The fourth-order valence-corrected chi connectivity index (χ4v) is 3.36. The summed E-state index contributed by atoms with van der Waals surface area (Å²) >= 11 is 0. The van der Waals surface area contributed by atoms with Gasteiger partial charge in [0.25, 0.3) is 0 Å². The van der Waals surface area contributed by atoms with Crippen molar-refractivity contribution in [1.82, 2.24) is 5.32 Å². The van der Waals surface area contributed by atoms with Gasteiger partial charge in [-0.25, -0.2) is 4.79 Å². The second-order valence-electron chi connectivity index (χ2n) is 8.23. The number of hydrogen-bond donors (Lipinski definition) is 1. The maximum Gasteiger partial charge on any atom is 0.408 e. The van der Waals surface area contributed by atoms with Crippen LogP contribution in [0.4, 0.5) is 4.79 Å². The summed E-state index contributed by atoms with van der Waals surface area (Å²) < 4.78 is 17.0. The molecule has 2 rings (SSSR count). The molecule has 1 unspecified atom stereocenters. The average molecular weight is 351 g/mol. The Hall–Kier alpha value is -1.66. The average Bonchev–Trinajstić information content (AvgIpc) is 2.79. The molecule has 0 aromatic carbocycles. The summed E-state index contributed by atoms with van der Waals surface area (Å²) in [6, 6.07) is 0. The highest BCUT2D eigenvalue weighted by atomic mass is 16.7. The number of carbonyl (C=O) groups excluding carboxylic acids is 2. The number of ether oxygens (including phenoxy) is 3. The van der Waals surface area contributed by atoms with Gasteiger partial charge in [-0.3, -0.25) is 4.79 Å². The van der Waals surface area contributed by atoms with Gasteiger partial charge in [-0.1, -0.05) is 11.6 Å². The molecule has 6 heteroatoms. The number of carbonyl (C=O) groups is 2. The number of nitrogens with one attached hydrogen (secondary N) is 1. The molecule has 0 bridgehead atoms. The van der Waals surface area contributed by atoms with E-state index in [0.29, 0.717) is 13.0 Å². The summed E-state index contributed by atoms with van der Waals surface area (Å²) in [7, 11) is 0. The van der Waals surface area contributed by atoms with Crippen LogP contribution in [0.5, 0.6) is 0 Å². The maximum atomic E-state index is 12.9. The van der Waals surface area contributed by atoms with E-state index in [1.165, 1.54) is 6.08 Å². The van der Waals surface area contributed by atoms with Crippen molar-refractivity contribution in [3.8, 4) is 0 Å². The highest BCUT2D eigenvalue weighted by Gasteiger charge is 2.52. The van der Waals surface area contributed by atoms with Gasteiger partial charge in [-0.15, -0.1) is 6.58 Å². The fourth-order valence-electron chi connectivity index (χ4n) is 3.36. The lowest BCUT2D eigenvalue weighted by atomic mass is 9.70. The Morgan fingerprint density at radius 3 is 2.56 bits per heavy atom. The third kappa shape index (κ3) is 4.30. The Labute approximate surface area is 149 Å². The predicted octanol–water partition coefficient (Wildman–Crippen LogP) is 3.12. The van der Waals surface area contributed by atoms with E-state index in [0.717, 1.165) is 5.57 Å². The monoisotopic (exact) mass is 351 g/mol. The highest BCUT2D eigenvalue weighted by Crippen LogP contribution is 2.40. The molecule has 140 valence electrons. The molecule has 2 aliphatic rings. The van der Waals surface area contributed by atoms with Crippen molar-refractivity contribution in [2.75, 3.05) is 6.61 Å². The van der Waals surface area contributed by atoms with Crippen molar-refractivity contribution in [2.24, 2.45) is 5.92 Å². The summed E-state index contributed by atoms with van der Waals surface area (Å²) in [6.07, 6.45) is 2.64. The maximum absolute atomic E-state index is 12.9. The molecule has 0 aromatic rings. The number of ketones is 1. The van der Waals surface area contributed by atoms with Crippen molar-refractivity contribution >= 4 is 11.9 Å². The SMILES string of the molecule is C=C[C@]1(NC(=O)OC(C)(C)C)C(=O)C=C(C)CC1[C@H]1COC(C)(C)O1. The van der Waals surface area contributed by atoms with E-state index in [-0.39, 0.29) is 17.8 Å². The van der Waals surface area contributed by atoms with E-state index in [4.69, 9.17) is 14.2 Å². The molecule has 25 heavy (non-hydrogen) atoms. The number of hydrogen-bond acceptors (Lipinski definition) is 5. The summed E-state index contributed by atoms with van der Waals surface area (Å²) in [4.78, 5) is 25.3. The molecule has 0 radical (unpaired) electrons. The van der Waals surface area contributed by atoms with E-state index in [1.807, 2.05) is 20.8 Å². The van der Waals surface area contributed by atoms with Gasteiger partial charge in [0, 0.05) is 5.92 Å². The van der Waals surface area contributed by atoms with E-state index in [1.54, 1.807) is 26.8 Å². The highest BCUT2D eigenvalue weighted by molar-refractivity contribution is 6.03. The molecule has 1 saturated heterocycles. The second-order valence-corrected chi connectivity index (χ2v) is 8.23. The van der Waals surface area contributed by atoms with Gasteiger partial charge in [0.15, 0.2) is 11.6 Å².